The molecule has 0 aliphatic carbocycles. The van der Waals surface area contributed by atoms with Gasteiger partial charge in [-0.15, -0.1) is 0 Å². The third kappa shape index (κ3) is 2.45. The smallest absolute Gasteiger partial charge is 0.354 e. The largest absolute Gasteiger partial charge is 0.371 e. The summed E-state index contributed by atoms with van der Waals surface area (Å²) in [6, 6.07) is 12.2. The van der Waals surface area contributed by atoms with Gasteiger partial charge in [0.1, 0.15) is 0 Å². The zero-order valence-corrected chi connectivity index (χ0v) is 16.0. The van der Waals surface area contributed by atoms with Gasteiger partial charge in [-0.3, -0.25) is 9.38 Å². The fourth-order valence-corrected chi connectivity index (χ4v) is 4.04. The number of aryl methyl sites for hydroxylation is 2. The van der Waals surface area contributed by atoms with Crippen LogP contribution >= 0.6 is 0 Å². The number of rotatable bonds is 3. The van der Waals surface area contributed by atoms with Crippen molar-refractivity contribution in [1.29, 1.82) is 0 Å². The first-order valence-electron chi connectivity index (χ1n) is 9.51. The van der Waals surface area contributed by atoms with Crippen LogP contribution in [-0.4, -0.2) is 32.3 Å². The van der Waals surface area contributed by atoms with Crippen molar-refractivity contribution in [2.75, 3.05) is 18.0 Å². The van der Waals surface area contributed by atoms with E-state index in [4.69, 9.17) is 0 Å². The van der Waals surface area contributed by atoms with Gasteiger partial charge in [-0.1, -0.05) is 12.1 Å². The van der Waals surface area contributed by atoms with Crippen LogP contribution in [0.15, 0.2) is 59.8 Å². The lowest BCUT2D eigenvalue weighted by molar-refractivity contribution is 0.618. The molecule has 140 valence electrons. The van der Waals surface area contributed by atoms with E-state index in [1.54, 1.807) is 35.1 Å². The minimum atomic E-state index is -0.172. The van der Waals surface area contributed by atoms with Gasteiger partial charge in [0.2, 0.25) is 0 Å². The van der Waals surface area contributed by atoms with E-state index in [0.29, 0.717) is 5.69 Å². The molecule has 0 atom stereocenters. The van der Waals surface area contributed by atoms with Crippen molar-refractivity contribution in [1.82, 2.24) is 19.2 Å². The summed E-state index contributed by atoms with van der Waals surface area (Å²) in [4.78, 5) is 19.6. The van der Waals surface area contributed by atoms with Crippen LogP contribution in [0.1, 0.15) is 17.7 Å². The summed E-state index contributed by atoms with van der Waals surface area (Å²) in [7, 11) is 0. The van der Waals surface area contributed by atoms with Crippen molar-refractivity contribution >= 4 is 11.2 Å². The first-order chi connectivity index (χ1) is 13.6. The fourth-order valence-electron chi connectivity index (χ4n) is 4.04. The Labute approximate surface area is 162 Å². The van der Waals surface area contributed by atoms with Gasteiger partial charge in [0.15, 0.2) is 0 Å². The molecular weight excluding hydrogens is 350 g/mol. The second kappa shape index (κ2) is 6.34. The molecule has 0 saturated carbocycles. The summed E-state index contributed by atoms with van der Waals surface area (Å²) >= 11 is 0. The predicted molar refractivity (Wildman–Crippen MR) is 110 cm³/mol. The van der Waals surface area contributed by atoms with E-state index in [-0.39, 0.29) is 5.69 Å². The van der Waals surface area contributed by atoms with E-state index < -0.39 is 0 Å². The molecule has 5 rings (SSSR count). The Hall–Kier alpha value is -3.41. The predicted octanol–water partition coefficient (Wildman–Crippen LogP) is 3.37. The molecule has 1 saturated heterocycles. The number of aromatic nitrogens is 4. The van der Waals surface area contributed by atoms with Crippen LogP contribution < -0.4 is 10.6 Å². The lowest BCUT2D eigenvalue weighted by Gasteiger charge is -2.33. The van der Waals surface area contributed by atoms with Crippen LogP contribution in [0.5, 0.6) is 0 Å². The van der Waals surface area contributed by atoms with Gasteiger partial charge < -0.3 is 4.90 Å². The second-order valence-corrected chi connectivity index (χ2v) is 7.24. The fraction of sp³-hybridized carbons (Fsp3) is 0.227. The minimum Gasteiger partial charge on any atom is -0.371 e. The molecule has 0 amide bonds. The van der Waals surface area contributed by atoms with Gasteiger partial charge in [0, 0.05) is 42.4 Å². The van der Waals surface area contributed by atoms with Crippen molar-refractivity contribution in [3.05, 3.63) is 76.7 Å². The molecule has 6 heteroatoms. The van der Waals surface area contributed by atoms with Crippen molar-refractivity contribution < 1.29 is 0 Å². The molecule has 0 spiro atoms. The molecule has 3 aromatic heterocycles. The van der Waals surface area contributed by atoms with E-state index in [9.17, 15) is 4.79 Å². The summed E-state index contributed by atoms with van der Waals surface area (Å²) in [6.45, 7) is 6.29. The van der Waals surface area contributed by atoms with Crippen molar-refractivity contribution in [3.63, 3.8) is 0 Å². The maximum atomic E-state index is 13.2. The monoisotopic (exact) mass is 371 g/mol. The highest BCUT2D eigenvalue weighted by molar-refractivity contribution is 5.80. The summed E-state index contributed by atoms with van der Waals surface area (Å²) in [6.07, 6.45) is 6.34. The maximum absolute atomic E-state index is 13.2. The van der Waals surface area contributed by atoms with Crippen LogP contribution in [0.2, 0.25) is 0 Å². The topological polar surface area (TPSA) is 55.4 Å². The molecular formula is C22H21N5O. The quantitative estimate of drug-likeness (QED) is 0.554. The SMILES string of the molecule is Cc1c(-c2cccc(N3CCC3)c2)c(C)n2c(=O)n(-c3ccncc3)ncc12. The number of hydrogen-bond acceptors (Lipinski definition) is 4. The highest BCUT2D eigenvalue weighted by Crippen LogP contribution is 2.34. The van der Waals surface area contributed by atoms with E-state index in [0.717, 1.165) is 41.0 Å². The number of hydrogen-bond donors (Lipinski definition) is 0. The lowest BCUT2D eigenvalue weighted by atomic mass is 10.0. The number of fused-ring (bicyclic) bond motifs is 1. The molecule has 1 fully saturated rings. The summed E-state index contributed by atoms with van der Waals surface area (Å²) in [5.74, 6) is 0. The lowest BCUT2D eigenvalue weighted by Crippen LogP contribution is -2.36. The highest BCUT2D eigenvalue weighted by Gasteiger charge is 2.20. The molecule has 0 unspecified atom stereocenters. The Balaban J connectivity index is 1.71. The Morgan fingerprint density at radius 2 is 1.79 bits per heavy atom. The highest BCUT2D eigenvalue weighted by atomic mass is 16.2. The molecule has 1 aliphatic rings. The standard InChI is InChI=1S/C22H21N5O/c1-15-20-14-24-27(18-7-9-23-10-8-18)22(28)26(20)16(2)21(15)17-5-3-6-19(13-17)25-11-4-12-25/h3,5-10,13-14H,4,11-12H2,1-2H3. The first kappa shape index (κ1) is 16.7. The second-order valence-electron chi connectivity index (χ2n) is 7.24. The Bertz CT molecular complexity index is 1240. The molecule has 0 radical (unpaired) electrons. The zero-order valence-electron chi connectivity index (χ0n) is 16.0. The first-order valence-corrected chi connectivity index (χ1v) is 9.51. The Morgan fingerprint density at radius 3 is 2.50 bits per heavy atom. The van der Waals surface area contributed by atoms with Gasteiger partial charge >= 0.3 is 5.69 Å². The number of anilines is 1. The Kier molecular flexibility index (Phi) is 3.79. The van der Waals surface area contributed by atoms with Gasteiger partial charge in [0.25, 0.3) is 0 Å². The van der Waals surface area contributed by atoms with Crippen LogP contribution in [0.25, 0.3) is 22.3 Å². The molecule has 0 bridgehead atoms. The molecule has 28 heavy (non-hydrogen) atoms. The van der Waals surface area contributed by atoms with E-state index in [2.05, 4.69) is 46.2 Å². The summed E-state index contributed by atoms with van der Waals surface area (Å²) in [5.41, 5.74) is 6.87. The van der Waals surface area contributed by atoms with Gasteiger partial charge in [-0.25, -0.2) is 4.79 Å². The third-order valence-electron chi connectivity index (χ3n) is 5.63. The summed E-state index contributed by atoms with van der Waals surface area (Å²) < 4.78 is 3.18. The van der Waals surface area contributed by atoms with Crippen molar-refractivity contribution in [2.45, 2.75) is 20.3 Å². The number of pyridine rings is 1. The minimum absolute atomic E-state index is 0.172. The molecule has 4 heterocycles. The molecule has 0 N–H and O–H groups in total. The van der Waals surface area contributed by atoms with Gasteiger partial charge in [0.05, 0.1) is 17.4 Å². The van der Waals surface area contributed by atoms with E-state index in [1.165, 1.54) is 16.8 Å². The number of benzene rings is 1. The third-order valence-corrected chi connectivity index (χ3v) is 5.63. The van der Waals surface area contributed by atoms with E-state index >= 15 is 0 Å². The maximum Gasteiger partial charge on any atom is 0.354 e. The average molecular weight is 371 g/mol. The van der Waals surface area contributed by atoms with Gasteiger partial charge in [-0.2, -0.15) is 9.78 Å². The van der Waals surface area contributed by atoms with E-state index in [1.807, 2.05) is 6.92 Å². The molecule has 1 aliphatic heterocycles. The van der Waals surface area contributed by atoms with Crippen LogP contribution in [0.3, 0.4) is 0 Å². The Morgan fingerprint density at radius 1 is 1.00 bits per heavy atom. The van der Waals surface area contributed by atoms with Gasteiger partial charge in [-0.05, 0) is 55.7 Å². The number of nitrogens with zero attached hydrogens (tertiary/aromatic N) is 5. The van der Waals surface area contributed by atoms with Crippen LogP contribution in [0, 0.1) is 13.8 Å². The van der Waals surface area contributed by atoms with Crippen LogP contribution in [0.4, 0.5) is 5.69 Å². The average Bonchev–Trinajstić information content (AvgIpc) is 2.93. The van der Waals surface area contributed by atoms with Crippen molar-refractivity contribution in [3.8, 4) is 16.8 Å². The molecule has 6 nitrogen and oxygen atoms in total. The van der Waals surface area contributed by atoms with Crippen LogP contribution in [-0.2, 0) is 0 Å². The molecule has 1 aromatic carbocycles. The zero-order chi connectivity index (χ0) is 19.3. The summed E-state index contributed by atoms with van der Waals surface area (Å²) in [5, 5.41) is 4.40. The normalized spacial score (nSPS) is 13.7. The van der Waals surface area contributed by atoms with Crippen molar-refractivity contribution in [2.24, 2.45) is 0 Å². The molecule has 4 aromatic rings.